The Morgan fingerprint density at radius 2 is 1.55 bits per heavy atom. The molecule has 0 atom stereocenters. The molecular weight excluding hydrogens is 323 g/mol. The Kier molecular flexibility index (Phi) is 5.06. The number of hydrogen-bond acceptors (Lipinski definition) is 2. The third kappa shape index (κ3) is 4.00. The van der Waals surface area contributed by atoms with Crippen molar-refractivity contribution in [3.63, 3.8) is 0 Å². The highest BCUT2D eigenvalue weighted by Crippen LogP contribution is 2.25. The van der Waals surface area contributed by atoms with Gasteiger partial charge in [-0.2, -0.15) is 0 Å². The molecule has 2 aromatic carbocycles. The molecule has 4 nitrogen and oxygen atoms in total. The van der Waals surface area contributed by atoms with Crippen molar-refractivity contribution in [3.05, 3.63) is 57.6 Å². The summed E-state index contributed by atoms with van der Waals surface area (Å²) < 4.78 is 0. The molecule has 2 rings (SSSR count). The van der Waals surface area contributed by atoms with Gasteiger partial charge >= 0.3 is 11.8 Å². The molecule has 0 aliphatic carbocycles. The second-order valence-electron chi connectivity index (χ2n) is 4.83. The molecule has 0 aliphatic heterocycles. The lowest BCUT2D eigenvalue weighted by molar-refractivity contribution is -0.132. The van der Waals surface area contributed by atoms with Gasteiger partial charge < -0.3 is 10.6 Å². The Hall–Kier alpha value is -2.04. The monoisotopic (exact) mass is 336 g/mol. The summed E-state index contributed by atoms with van der Waals surface area (Å²) in [5.41, 5.74) is 2.97. The Morgan fingerprint density at radius 3 is 2.23 bits per heavy atom. The van der Waals surface area contributed by atoms with Crippen LogP contribution in [0.15, 0.2) is 36.4 Å². The van der Waals surface area contributed by atoms with E-state index in [1.165, 1.54) is 6.07 Å². The first-order valence-electron chi connectivity index (χ1n) is 6.51. The van der Waals surface area contributed by atoms with Gasteiger partial charge in [-0.15, -0.1) is 0 Å². The van der Waals surface area contributed by atoms with Gasteiger partial charge in [-0.3, -0.25) is 9.59 Å². The van der Waals surface area contributed by atoms with E-state index in [1.54, 1.807) is 24.3 Å². The summed E-state index contributed by atoms with van der Waals surface area (Å²) in [6.07, 6.45) is 0. The normalized spacial score (nSPS) is 10.2. The molecule has 0 fully saturated rings. The van der Waals surface area contributed by atoms with Gasteiger partial charge in [0.25, 0.3) is 0 Å². The fourth-order valence-electron chi connectivity index (χ4n) is 1.78. The van der Waals surface area contributed by atoms with Crippen LogP contribution in [0.1, 0.15) is 11.1 Å². The summed E-state index contributed by atoms with van der Waals surface area (Å²) in [6, 6.07) is 10.0. The van der Waals surface area contributed by atoms with Gasteiger partial charge in [0.15, 0.2) is 0 Å². The highest BCUT2D eigenvalue weighted by Gasteiger charge is 2.15. The average molecular weight is 337 g/mol. The van der Waals surface area contributed by atoms with Crippen LogP contribution in [0.5, 0.6) is 0 Å². The Morgan fingerprint density at radius 1 is 0.864 bits per heavy atom. The lowest BCUT2D eigenvalue weighted by Gasteiger charge is -2.09. The maximum absolute atomic E-state index is 11.9. The van der Waals surface area contributed by atoms with Gasteiger partial charge in [-0.25, -0.2) is 0 Å². The van der Waals surface area contributed by atoms with Crippen molar-refractivity contribution < 1.29 is 9.59 Å². The van der Waals surface area contributed by atoms with Crippen LogP contribution in [-0.4, -0.2) is 11.8 Å². The van der Waals surface area contributed by atoms with Crippen LogP contribution < -0.4 is 10.6 Å². The zero-order valence-electron chi connectivity index (χ0n) is 12.0. The topological polar surface area (TPSA) is 58.2 Å². The van der Waals surface area contributed by atoms with Crippen LogP contribution in [0.2, 0.25) is 10.0 Å². The highest BCUT2D eigenvalue weighted by molar-refractivity contribution is 6.45. The fourth-order valence-corrected chi connectivity index (χ4v) is 2.12. The van der Waals surface area contributed by atoms with Crippen molar-refractivity contribution in [3.8, 4) is 0 Å². The first-order valence-corrected chi connectivity index (χ1v) is 7.27. The van der Waals surface area contributed by atoms with E-state index in [4.69, 9.17) is 23.2 Å². The van der Waals surface area contributed by atoms with Crippen molar-refractivity contribution in [2.45, 2.75) is 13.8 Å². The summed E-state index contributed by atoms with van der Waals surface area (Å²) in [5, 5.41) is 5.68. The van der Waals surface area contributed by atoms with E-state index in [0.717, 1.165) is 11.1 Å². The van der Waals surface area contributed by atoms with E-state index in [2.05, 4.69) is 10.6 Å². The summed E-state index contributed by atoms with van der Waals surface area (Å²) >= 11 is 11.8. The van der Waals surface area contributed by atoms with E-state index in [9.17, 15) is 9.59 Å². The molecule has 114 valence electrons. The van der Waals surface area contributed by atoms with Crippen molar-refractivity contribution in [2.24, 2.45) is 0 Å². The van der Waals surface area contributed by atoms with Gasteiger partial charge in [-0.05, 0) is 55.3 Å². The van der Waals surface area contributed by atoms with Crippen LogP contribution >= 0.6 is 23.2 Å². The van der Waals surface area contributed by atoms with Crippen LogP contribution in [-0.2, 0) is 9.59 Å². The third-order valence-corrected chi connectivity index (χ3v) is 3.71. The maximum Gasteiger partial charge on any atom is 0.314 e. The molecule has 0 spiro atoms. The predicted molar refractivity (Wildman–Crippen MR) is 89.6 cm³/mol. The molecule has 2 N–H and O–H groups in total. The number of hydrogen-bond donors (Lipinski definition) is 2. The average Bonchev–Trinajstić information content (AvgIpc) is 2.46. The quantitative estimate of drug-likeness (QED) is 0.808. The molecule has 22 heavy (non-hydrogen) atoms. The molecule has 0 heterocycles. The smallest absolute Gasteiger partial charge is 0.314 e. The van der Waals surface area contributed by atoms with Crippen molar-refractivity contribution in [1.29, 1.82) is 0 Å². The number of amides is 2. The van der Waals surface area contributed by atoms with E-state index in [1.807, 2.05) is 19.9 Å². The molecule has 0 aliphatic rings. The number of carbonyl (C=O) groups excluding carboxylic acids is 2. The highest BCUT2D eigenvalue weighted by atomic mass is 35.5. The number of aryl methyl sites for hydroxylation is 2. The lowest BCUT2D eigenvalue weighted by Crippen LogP contribution is -2.29. The summed E-state index contributed by atoms with van der Waals surface area (Å²) in [5.74, 6) is -1.60. The number of rotatable bonds is 2. The van der Waals surface area contributed by atoms with Gasteiger partial charge in [0.1, 0.15) is 0 Å². The van der Waals surface area contributed by atoms with Crippen molar-refractivity contribution in [2.75, 3.05) is 10.6 Å². The summed E-state index contributed by atoms with van der Waals surface area (Å²) in [6.45, 7) is 3.89. The van der Waals surface area contributed by atoms with E-state index in [0.29, 0.717) is 15.7 Å². The molecule has 0 bridgehead atoms. The number of benzene rings is 2. The van der Waals surface area contributed by atoms with Gasteiger partial charge in [-0.1, -0.05) is 29.3 Å². The predicted octanol–water partition coefficient (Wildman–Crippen LogP) is 4.19. The molecule has 0 saturated carbocycles. The van der Waals surface area contributed by atoms with Crippen molar-refractivity contribution in [1.82, 2.24) is 0 Å². The number of nitrogens with one attached hydrogen (secondary N) is 2. The van der Waals surface area contributed by atoms with Gasteiger partial charge in [0.2, 0.25) is 0 Å². The number of carbonyl (C=O) groups is 2. The second-order valence-corrected chi connectivity index (χ2v) is 5.68. The Balaban J connectivity index is 2.07. The molecule has 2 amide bonds. The number of anilines is 2. The van der Waals surface area contributed by atoms with E-state index >= 15 is 0 Å². The first kappa shape index (κ1) is 16.3. The first-order chi connectivity index (χ1) is 10.4. The maximum atomic E-state index is 11.9. The molecule has 0 aromatic heterocycles. The molecule has 2 aromatic rings. The van der Waals surface area contributed by atoms with Crippen LogP contribution in [0, 0.1) is 13.8 Å². The van der Waals surface area contributed by atoms with Crippen molar-refractivity contribution >= 4 is 46.4 Å². The summed E-state index contributed by atoms with van der Waals surface area (Å²) in [4.78, 5) is 23.8. The molecule has 6 heteroatoms. The summed E-state index contributed by atoms with van der Waals surface area (Å²) in [7, 11) is 0. The SMILES string of the molecule is Cc1ccc(NC(=O)C(=O)Nc2cc(Cl)ccc2Cl)cc1C. The Labute approximate surface area is 138 Å². The zero-order chi connectivity index (χ0) is 16.3. The second kappa shape index (κ2) is 6.81. The van der Waals surface area contributed by atoms with E-state index < -0.39 is 11.8 Å². The minimum Gasteiger partial charge on any atom is -0.318 e. The standard InChI is InChI=1S/C16H14Cl2N2O2/c1-9-3-5-12(7-10(9)2)19-15(21)16(22)20-14-8-11(17)4-6-13(14)18/h3-8H,1-2H3,(H,19,21)(H,20,22). The third-order valence-electron chi connectivity index (χ3n) is 3.15. The molecular formula is C16H14Cl2N2O2. The zero-order valence-corrected chi connectivity index (χ0v) is 13.5. The van der Waals surface area contributed by atoms with Gasteiger partial charge in [0, 0.05) is 10.7 Å². The molecule has 0 unspecified atom stereocenters. The lowest BCUT2D eigenvalue weighted by atomic mass is 10.1. The van der Waals surface area contributed by atoms with Crippen LogP contribution in [0.25, 0.3) is 0 Å². The fraction of sp³-hybridized carbons (Fsp3) is 0.125. The minimum atomic E-state index is -0.817. The number of halogens is 2. The van der Waals surface area contributed by atoms with Gasteiger partial charge in [0.05, 0.1) is 10.7 Å². The van der Waals surface area contributed by atoms with E-state index in [-0.39, 0.29) is 5.69 Å². The van der Waals surface area contributed by atoms with Crippen LogP contribution in [0.3, 0.4) is 0 Å². The molecule has 0 radical (unpaired) electrons. The minimum absolute atomic E-state index is 0.286. The van der Waals surface area contributed by atoms with Crippen LogP contribution in [0.4, 0.5) is 11.4 Å². The molecule has 0 saturated heterocycles. The largest absolute Gasteiger partial charge is 0.318 e. The Bertz CT molecular complexity index is 745.